The molecule has 0 unspecified atom stereocenters. The number of nitrogens with one attached hydrogen (secondary N) is 1. The van der Waals surface area contributed by atoms with Crippen LogP contribution < -0.4 is 5.32 Å². The quantitative estimate of drug-likeness (QED) is 0.910. The van der Waals surface area contributed by atoms with Crippen LogP contribution in [0.2, 0.25) is 0 Å². The van der Waals surface area contributed by atoms with E-state index >= 15 is 0 Å². The lowest BCUT2D eigenvalue weighted by Gasteiger charge is -1.89. The average Bonchev–Trinajstić information content (AvgIpc) is 2.88. The van der Waals surface area contributed by atoms with Crippen molar-refractivity contribution in [2.75, 3.05) is 7.05 Å². The molecule has 0 atom stereocenters. The molecule has 1 aliphatic rings. The summed E-state index contributed by atoms with van der Waals surface area (Å²) in [5.41, 5.74) is 1.53. The minimum Gasteiger partial charge on any atom is -0.313 e. The largest absolute Gasteiger partial charge is 0.313 e. The Morgan fingerprint density at radius 1 is 1.31 bits per heavy atom. The lowest BCUT2D eigenvalue weighted by molar-refractivity contribution is 0.795. The van der Waals surface area contributed by atoms with E-state index in [1.54, 1.807) is 16.2 Å². The second-order valence-electron chi connectivity index (χ2n) is 3.94. The standard InChI is InChI=1S/C11H13N3S2/c1-12-6-10-13-14-11(16-10)9-5-7-3-2-4-8(7)15-9/h5,12H,2-4,6H2,1H3. The van der Waals surface area contributed by atoms with Gasteiger partial charge in [-0.2, -0.15) is 0 Å². The third-order valence-electron chi connectivity index (χ3n) is 2.75. The van der Waals surface area contributed by atoms with Crippen molar-refractivity contribution in [3.8, 4) is 9.88 Å². The number of aryl methyl sites for hydroxylation is 2. The van der Waals surface area contributed by atoms with Gasteiger partial charge in [-0.3, -0.25) is 0 Å². The van der Waals surface area contributed by atoms with Gasteiger partial charge in [0, 0.05) is 11.4 Å². The fourth-order valence-corrected chi connectivity index (χ4v) is 4.16. The molecule has 1 N–H and O–H groups in total. The van der Waals surface area contributed by atoms with Crippen LogP contribution in [0.15, 0.2) is 6.07 Å². The molecular formula is C11H13N3S2. The van der Waals surface area contributed by atoms with Crippen LogP contribution in [-0.4, -0.2) is 17.2 Å². The Balaban J connectivity index is 1.89. The second kappa shape index (κ2) is 4.24. The molecule has 0 aromatic carbocycles. The summed E-state index contributed by atoms with van der Waals surface area (Å²) in [6.45, 7) is 0.808. The molecule has 16 heavy (non-hydrogen) atoms. The summed E-state index contributed by atoms with van der Waals surface area (Å²) in [6, 6.07) is 2.30. The van der Waals surface area contributed by atoms with E-state index in [1.807, 2.05) is 18.4 Å². The number of hydrogen-bond donors (Lipinski definition) is 1. The first-order valence-electron chi connectivity index (χ1n) is 5.46. The van der Waals surface area contributed by atoms with E-state index in [-0.39, 0.29) is 0 Å². The molecule has 0 bridgehead atoms. The van der Waals surface area contributed by atoms with Gasteiger partial charge in [-0.05, 0) is 37.9 Å². The van der Waals surface area contributed by atoms with Crippen molar-refractivity contribution in [2.24, 2.45) is 0 Å². The van der Waals surface area contributed by atoms with Crippen LogP contribution >= 0.6 is 22.7 Å². The number of rotatable bonds is 3. The highest BCUT2D eigenvalue weighted by molar-refractivity contribution is 7.21. The van der Waals surface area contributed by atoms with Crippen molar-refractivity contribution < 1.29 is 0 Å². The van der Waals surface area contributed by atoms with Gasteiger partial charge in [-0.15, -0.1) is 21.5 Å². The maximum absolute atomic E-state index is 4.26. The zero-order valence-electron chi connectivity index (χ0n) is 9.12. The van der Waals surface area contributed by atoms with Crippen LogP contribution in [0.4, 0.5) is 0 Å². The summed E-state index contributed by atoms with van der Waals surface area (Å²) >= 11 is 3.59. The second-order valence-corrected chi connectivity index (χ2v) is 6.14. The molecule has 0 saturated carbocycles. The minimum absolute atomic E-state index is 0.808. The van der Waals surface area contributed by atoms with Gasteiger partial charge >= 0.3 is 0 Å². The third kappa shape index (κ3) is 1.79. The summed E-state index contributed by atoms with van der Waals surface area (Å²) in [5, 5.41) is 13.7. The molecule has 5 heteroatoms. The van der Waals surface area contributed by atoms with Gasteiger partial charge in [-0.1, -0.05) is 11.3 Å². The molecule has 2 aromatic rings. The Morgan fingerprint density at radius 2 is 2.25 bits per heavy atom. The van der Waals surface area contributed by atoms with Crippen LogP contribution in [0.25, 0.3) is 9.88 Å². The SMILES string of the molecule is CNCc1nnc(-c2cc3c(s2)CCC3)s1. The summed E-state index contributed by atoms with van der Waals surface area (Å²) in [7, 11) is 1.93. The van der Waals surface area contributed by atoms with E-state index < -0.39 is 0 Å². The maximum atomic E-state index is 4.26. The van der Waals surface area contributed by atoms with Crippen LogP contribution in [0.1, 0.15) is 21.9 Å². The van der Waals surface area contributed by atoms with Gasteiger partial charge in [0.25, 0.3) is 0 Å². The van der Waals surface area contributed by atoms with Crippen molar-refractivity contribution in [1.29, 1.82) is 0 Å². The normalized spacial score (nSPS) is 14.3. The van der Waals surface area contributed by atoms with E-state index in [0.717, 1.165) is 16.6 Å². The lowest BCUT2D eigenvalue weighted by Crippen LogP contribution is -2.04. The van der Waals surface area contributed by atoms with E-state index in [9.17, 15) is 0 Å². The first-order chi connectivity index (χ1) is 7.86. The van der Waals surface area contributed by atoms with Gasteiger partial charge in [0.2, 0.25) is 0 Å². The van der Waals surface area contributed by atoms with E-state index in [2.05, 4.69) is 21.6 Å². The molecule has 0 fully saturated rings. The fraction of sp³-hybridized carbons (Fsp3) is 0.455. The zero-order valence-corrected chi connectivity index (χ0v) is 10.7. The number of thiophene rings is 1. The predicted molar refractivity (Wildman–Crippen MR) is 68.0 cm³/mol. The van der Waals surface area contributed by atoms with E-state index in [4.69, 9.17) is 0 Å². The van der Waals surface area contributed by atoms with Gasteiger partial charge in [0.15, 0.2) is 5.01 Å². The first kappa shape index (κ1) is 10.4. The van der Waals surface area contributed by atoms with E-state index in [1.165, 1.54) is 29.7 Å². The Labute approximate surface area is 103 Å². The minimum atomic E-state index is 0.808. The van der Waals surface area contributed by atoms with Crippen molar-refractivity contribution in [3.05, 3.63) is 21.5 Å². The van der Waals surface area contributed by atoms with Gasteiger partial charge in [0.05, 0.1) is 4.88 Å². The van der Waals surface area contributed by atoms with Gasteiger partial charge in [0.1, 0.15) is 5.01 Å². The van der Waals surface area contributed by atoms with Crippen LogP contribution in [-0.2, 0) is 19.4 Å². The molecule has 0 spiro atoms. The summed E-state index contributed by atoms with van der Waals surface area (Å²) < 4.78 is 0. The van der Waals surface area contributed by atoms with Crippen LogP contribution in [0.3, 0.4) is 0 Å². The zero-order chi connectivity index (χ0) is 11.0. The van der Waals surface area contributed by atoms with Crippen molar-refractivity contribution in [2.45, 2.75) is 25.8 Å². The van der Waals surface area contributed by atoms with Crippen molar-refractivity contribution in [3.63, 3.8) is 0 Å². The van der Waals surface area contributed by atoms with Crippen molar-refractivity contribution >= 4 is 22.7 Å². The highest BCUT2D eigenvalue weighted by Crippen LogP contribution is 2.37. The topological polar surface area (TPSA) is 37.8 Å². The summed E-state index contributed by atoms with van der Waals surface area (Å²) in [5.74, 6) is 0. The highest BCUT2D eigenvalue weighted by atomic mass is 32.1. The molecule has 2 aromatic heterocycles. The van der Waals surface area contributed by atoms with Gasteiger partial charge < -0.3 is 5.32 Å². The Hall–Kier alpha value is -0.780. The number of aromatic nitrogens is 2. The predicted octanol–water partition coefficient (Wildman–Crippen LogP) is 2.47. The molecule has 0 saturated heterocycles. The molecule has 0 aliphatic heterocycles. The molecule has 0 radical (unpaired) electrons. The Morgan fingerprint density at radius 3 is 3.06 bits per heavy atom. The molecule has 3 rings (SSSR count). The molecule has 2 heterocycles. The van der Waals surface area contributed by atoms with E-state index in [0.29, 0.717) is 0 Å². The average molecular weight is 251 g/mol. The Kier molecular flexibility index (Phi) is 2.75. The molecule has 0 amide bonds. The van der Waals surface area contributed by atoms with Crippen molar-refractivity contribution in [1.82, 2.24) is 15.5 Å². The molecule has 3 nitrogen and oxygen atoms in total. The van der Waals surface area contributed by atoms with Gasteiger partial charge in [-0.25, -0.2) is 0 Å². The van der Waals surface area contributed by atoms with Crippen LogP contribution in [0, 0.1) is 0 Å². The highest BCUT2D eigenvalue weighted by Gasteiger charge is 2.17. The number of nitrogens with zero attached hydrogens (tertiary/aromatic N) is 2. The lowest BCUT2D eigenvalue weighted by atomic mass is 10.2. The summed E-state index contributed by atoms with van der Waals surface area (Å²) in [4.78, 5) is 2.85. The molecule has 1 aliphatic carbocycles. The maximum Gasteiger partial charge on any atom is 0.157 e. The smallest absolute Gasteiger partial charge is 0.157 e. The number of fused-ring (bicyclic) bond motifs is 1. The fourth-order valence-electron chi connectivity index (χ4n) is 2.01. The molecular weight excluding hydrogens is 238 g/mol. The Bertz CT molecular complexity index is 480. The molecule has 84 valence electrons. The monoisotopic (exact) mass is 251 g/mol. The first-order valence-corrected chi connectivity index (χ1v) is 7.09. The summed E-state index contributed by atoms with van der Waals surface area (Å²) in [6.07, 6.45) is 3.82. The van der Waals surface area contributed by atoms with Crippen LogP contribution in [0.5, 0.6) is 0 Å². The third-order valence-corrected chi connectivity index (χ3v) is 5.08. The number of hydrogen-bond acceptors (Lipinski definition) is 5.